The van der Waals surface area contributed by atoms with Crippen molar-refractivity contribution in [3.8, 4) is 5.75 Å². The van der Waals surface area contributed by atoms with Gasteiger partial charge in [0.15, 0.2) is 0 Å². The van der Waals surface area contributed by atoms with E-state index in [0.717, 1.165) is 27.8 Å². The molecule has 0 spiro atoms. The van der Waals surface area contributed by atoms with E-state index in [1.807, 2.05) is 63.2 Å². The number of thioether (sulfide) groups is 1. The molecule has 0 unspecified atom stereocenters. The van der Waals surface area contributed by atoms with Gasteiger partial charge in [0.1, 0.15) is 18.9 Å². The molecular weight excluding hydrogens is 412 g/mol. The fourth-order valence-corrected chi connectivity index (χ4v) is 4.11. The maximum absolute atomic E-state index is 12.8. The van der Waals surface area contributed by atoms with Crippen LogP contribution in [0.3, 0.4) is 0 Å². The molecule has 0 bridgehead atoms. The van der Waals surface area contributed by atoms with Gasteiger partial charge in [0.05, 0.1) is 4.91 Å². The molecular formula is C24H26N2O4S. The summed E-state index contributed by atoms with van der Waals surface area (Å²) in [6.07, 6.45) is 1.65. The van der Waals surface area contributed by atoms with Crippen LogP contribution in [0.25, 0.3) is 6.08 Å². The summed E-state index contributed by atoms with van der Waals surface area (Å²) in [5.41, 5.74) is 2.91. The van der Waals surface area contributed by atoms with Crippen LogP contribution < -0.4 is 4.74 Å². The summed E-state index contributed by atoms with van der Waals surface area (Å²) in [5, 5.41) is -0.435. The van der Waals surface area contributed by atoms with Crippen molar-refractivity contribution in [2.75, 3.05) is 19.6 Å². The summed E-state index contributed by atoms with van der Waals surface area (Å²) >= 11 is 0.843. The zero-order chi connectivity index (χ0) is 22.4. The predicted octanol–water partition coefficient (Wildman–Crippen LogP) is 4.48. The van der Waals surface area contributed by atoms with Crippen molar-refractivity contribution in [2.45, 2.75) is 27.4 Å². The fourth-order valence-electron chi connectivity index (χ4n) is 3.28. The Labute approximate surface area is 186 Å². The maximum atomic E-state index is 12.8. The van der Waals surface area contributed by atoms with Crippen LogP contribution in [0.2, 0.25) is 0 Å². The van der Waals surface area contributed by atoms with Gasteiger partial charge in [0.2, 0.25) is 5.91 Å². The molecule has 2 aromatic carbocycles. The third-order valence-corrected chi connectivity index (χ3v) is 5.87. The van der Waals surface area contributed by atoms with E-state index >= 15 is 0 Å². The smallest absolute Gasteiger partial charge is 0.294 e. The number of rotatable bonds is 8. The first-order valence-corrected chi connectivity index (χ1v) is 11.0. The third kappa shape index (κ3) is 5.55. The quantitative estimate of drug-likeness (QED) is 0.569. The third-order valence-electron chi connectivity index (χ3n) is 4.97. The van der Waals surface area contributed by atoms with Gasteiger partial charge in [-0.3, -0.25) is 19.3 Å². The van der Waals surface area contributed by atoms with E-state index in [0.29, 0.717) is 31.0 Å². The van der Waals surface area contributed by atoms with Gasteiger partial charge < -0.3 is 9.64 Å². The van der Waals surface area contributed by atoms with E-state index < -0.39 is 11.1 Å². The molecule has 1 fully saturated rings. The number of aryl methyl sites for hydroxylation is 1. The van der Waals surface area contributed by atoms with Crippen LogP contribution in [0.15, 0.2) is 53.4 Å². The normalized spacial score (nSPS) is 14.9. The molecule has 1 aliphatic heterocycles. The lowest BCUT2D eigenvalue weighted by Gasteiger charge is -2.21. The molecule has 1 heterocycles. The molecule has 31 heavy (non-hydrogen) atoms. The average molecular weight is 439 g/mol. The molecule has 3 rings (SSSR count). The molecule has 2 aromatic rings. The lowest BCUT2D eigenvalue weighted by Crippen LogP contribution is -2.41. The number of likely N-dealkylation sites (N-methyl/N-ethyl adjacent to an activating group) is 1. The zero-order valence-electron chi connectivity index (χ0n) is 18.0. The topological polar surface area (TPSA) is 66.9 Å². The molecule has 0 saturated carbocycles. The molecule has 0 radical (unpaired) electrons. The van der Waals surface area contributed by atoms with Crippen molar-refractivity contribution in [3.05, 3.63) is 70.1 Å². The van der Waals surface area contributed by atoms with Crippen molar-refractivity contribution < 1.29 is 19.1 Å². The minimum absolute atomic E-state index is 0.240. The van der Waals surface area contributed by atoms with Gasteiger partial charge in [-0.05, 0) is 50.2 Å². The number of benzene rings is 2. The standard InChI is InChI=1S/C24H26N2O4S/c1-4-25(5-2)22(27)15-26-23(28)21(31-24(26)29)14-19-11-6-7-12-20(19)30-16-18-10-8-9-17(3)13-18/h6-14H,4-5,15-16H2,1-3H3/b21-14-. The first kappa shape index (κ1) is 22.6. The number of carbonyl (C=O) groups excluding carboxylic acids is 3. The molecule has 0 aliphatic carbocycles. The Bertz CT molecular complexity index is 1010. The number of imide groups is 1. The van der Waals surface area contributed by atoms with E-state index in [-0.39, 0.29) is 17.4 Å². The molecule has 1 saturated heterocycles. The highest BCUT2D eigenvalue weighted by Crippen LogP contribution is 2.34. The van der Waals surface area contributed by atoms with Crippen molar-refractivity contribution in [1.82, 2.24) is 9.80 Å². The largest absolute Gasteiger partial charge is 0.488 e. The Kier molecular flexibility index (Phi) is 7.52. The van der Waals surface area contributed by atoms with Gasteiger partial charge in [0, 0.05) is 18.7 Å². The summed E-state index contributed by atoms with van der Waals surface area (Å²) in [6, 6.07) is 15.4. The highest BCUT2D eigenvalue weighted by atomic mass is 32.2. The van der Waals surface area contributed by atoms with Gasteiger partial charge in [-0.25, -0.2) is 0 Å². The Balaban J connectivity index is 1.75. The second-order valence-corrected chi connectivity index (χ2v) is 8.14. The Morgan fingerprint density at radius 1 is 1.10 bits per heavy atom. The minimum atomic E-state index is -0.455. The highest BCUT2D eigenvalue weighted by molar-refractivity contribution is 8.18. The molecule has 6 nitrogen and oxygen atoms in total. The monoisotopic (exact) mass is 438 g/mol. The Morgan fingerprint density at radius 2 is 1.84 bits per heavy atom. The summed E-state index contributed by atoms with van der Waals surface area (Å²) in [4.78, 5) is 40.4. The van der Waals surface area contributed by atoms with E-state index in [1.165, 1.54) is 0 Å². The average Bonchev–Trinajstić information content (AvgIpc) is 3.01. The van der Waals surface area contributed by atoms with Crippen LogP contribution in [-0.2, 0) is 16.2 Å². The van der Waals surface area contributed by atoms with Crippen LogP contribution in [0.5, 0.6) is 5.75 Å². The van der Waals surface area contributed by atoms with Crippen LogP contribution >= 0.6 is 11.8 Å². The lowest BCUT2D eigenvalue weighted by molar-refractivity contribution is -0.135. The predicted molar refractivity (Wildman–Crippen MR) is 123 cm³/mol. The minimum Gasteiger partial charge on any atom is -0.488 e. The van der Waals surface area contributed by atoms with Crippen LogP contribution in [0, 0.1) is 6.92 Å². The zero-order valence-corrected chi connectivity index (χ0v) is 18.8. The van der Waals surface area contributed by atoms with Gasteiger partial charge in [-0.15, -0.1) is 0 Å². The fraction of sp³-hybridized carbons (Fsp3) is 0.292. The first-order valence-electron chi connectivity index (χ1n) is 10.2. The second-order valence-electron chi connectivity index (χ2n) is 7.15. The summed E-state index contributed by atoms with van der Waals surface area (Å²) < 4.78 is 5.98. The van der Waals surface area contributed by atoms with E-state index in [4.69, 9.17) is 4.74 Å². The molecule has 3 amide bonds. The SMILES string of the molecule is CCN(CC)C(=O)CN1C(=O)S/C(=C\c2ccccc2OCc2cccc(C)c2)C1=O. The number of hydrogen-bond acceptors (Lipinski definition) is 5. The number of ether oxygens (including phenoxy) is 1. The van der Waals surface area contributed by atoms with E-state index in [2.05, 4.69) is 6.07 Å². The highest BCUT2D eigenvalue weighted by Gasteiger charge is 2.37. The Morgan fingerprint density at radius 3 is 2.55 bits per heavy atom. The van der Waals surface area contributed by atoms with Crippen LogP contribution in [0.4, 0.5) is 4.79 Å². The van der Waals surface area contributed by atoms with Crippen LogP contribution in [-0.4, -0.2) is 46.5 Å². The van der Waals surface area contributed by atoms with Gasteiger partial charge in [-0.2, -0.15) is 0 Å². The lowest BCUT2D eigenvalue weighted by atomic mass is 10.1. The van der Waals surface area contributed by atoms with E-state index in [1.54, 1.807) is 11.0 Å². The summed E-state index contributed by atoms with van der Waals surface area (Å²) in [7, 11) is 0. The molecule has 0 atom stereocenters. The second kappa shape index (κ2) is 10.3. The van der Waals surface area contributed by atoms with Crippen molar-refractivity contribution in [3.63, 3.8) is 0 Å². The number of carbonyl (C=O) groups is 3. The van der Waals surface area contributed by atoms with Crippen LogP contribution in [0.1, 0.15) is 30.5 Å². The molecule has 7 heteroatoms. The summed E-state index contributed by atoms with van der Waals surface area (Å²) in [5.74, 6) is -0.0746. The number of amides is 3. The van der Waals surface area contributed by atoms with Crippen molar-refractivity contribution in [1.29, 1.82) is 0 Å². The molecule has 1 aliphatic rings. The van der Waals surface area contributed by atoms with Gasteiger partial charge in [-0.1, -0.05) is 48.0 Å². The van der Waals surface area contributed by atoms with E-state index in [9.17, 15) is 14.4 Å². The first-order chi connectivity index (χ1) is 14.9. The molecule has 162 valence electrons. The van der Waals surface area contributed by atoms with Crippen molar-refractivity contribution >= 4 is 34.9 Å². The van der Waals surface area contributed by atoms with Crippen molar-refractivity contribution in [2.24, 2.45) is 0 Å². The maximum Gasteiger partial charge on any atom is 0.294 e. The Hall–Kier alpha value is -3.06. The van der Waals surface area contributed by atoms with Gasteiger partial charge >= 0.3 is 0 Å². The van der Waals surface area contributed by atoms with Gasteiger partial charge in [0.25, 0.3) is 11.1 Å². The summed E-state index contributed by atoms with van der Waals surface area (Å²) in [6.45, 7) is 6.98. The number of para-hydroxylation sites is 1. The number of hydrogen-bond donors (Lipinski definition) is 0. The molecule has 0 aromatic heterocycles. The number of nitrogens with zero attached hydrogens (tertiary/aromatic N) is 2. The molecule has 0 N–H and O–H groups in total.